The first-order valence-corrected chi connectivity index (χ1v) is 6.32. The minimum atomic E-state index is 0.301. The van der Waals surface area contributed by atoms with Crippen molar-refractivity contribution in [3.63, 3.8) is 0 Å². The van der Waals surface area contributed by atoms with Gasteiger partial charge in [0.15, 0.2) is 0 Å². The number of aliphatic hydroxyl groups excluding tert-OH is 1. The van der Waals surface area contributed by atoms with Gasteiger partial charge in [-0.05, 0) is 37.3 Å². The lowest BCUT2D eigenvalue weighted by Crippen LogP contribution is -2.30. The SMILES string of the molecule is CCc1ccccc1N1CCCC1CCO. The number of aryl methyl sites for hydroxylation is 1. The monoisotopic (exact) mass is 219 g/mol. The number of hydrogen-bond donors (Lipinski definition) is 1. The third-order valence-electron chi connectivity index (χ3n) is 3.52. The summed E-state index contributed by atoms with van der Waals surface area (Å²) in [5.74, 6) is 0. The van der Waals surface area contributed by atoms with E-state index in [4.69, 9.17) is 5.11 Å². The molecule has 1 aromatic rings. The minimum absolute atomic E-state index is 0.301. The predicted molar refractivity (Wildman–Crippen MR) is 67.9 cm³/mol. The molecule has 1 atom stereocenters. The summed E-state index contributed by atoms with van der Waals surface area (Å²) in [5, 5.41) is 9.09. The average molecular weight is 219 g/mol. The third-order valence-corrected chi connectivity index (χ3v) is 3.52. The molecule has 1 unspecified atom stereocenters. The van der Waals surface area contributed by atoms with Gasteiger partial charge >= 0.3 is 0 Å². The van der Waals surface area contributed by atoms with Crippen LogP contribution in [0.5, 0.6) is 0 Å². The maximum absolute atomic E-state index is 9.09. The van der Waals surface area contributed by atoms with Crippen LogP contribution in [0.1, 0.15) is 31.7 Å². The molecule has 2 nitrogen and oxygen atoms in total. The molecule has 1 aromatic carbocycles. The van der Waals surface area contributed by atoms with Gasteiger partial charge in [-0.2, -0.15) is 0 Å². The smallest absolute Gasteiger partial charge is 0.0450 e. The lowest BCUT2D eigenvalue weighted by Gasteiger charge is -2.28. The van der Waals surface area contributed by atoms with Gasteiger partial charge in [0.25, 0.3) is 0 Å². The molecule has 0 radical (unpaired) electrons. The number of rotatable bonds is 4. The highest BCUT2D eigenvalue weighted by Crippen LogP contribution is 2.30. The molecule has 2 heteroatoms. The standard InChI is InChI=1S/C14H21NO/c1-2-12-6-3-4-8-14(12)15-10-5-7-13(15)9-11-16/h3-4,6,8,13,16H,2,5,7,9-11H2,1H3. The topological polar surface area (TPSA) is 23.5 Å². The molecule has 0 amide bonds. The number of para-hydroxylation sites is 1. The normalized spacial score (nSPS) is 20.4. The predicted octanol–water partition coefficient (Wildman–Crippen LogP) is 2.60. The second kappa shape index (κ2) is 5.35. The maximum Gasteiger partial charge on any atom is 0.0450 e. The van der Waals surface area contributed by atoms with Gasteiger partial charge in [-0.25, -0.2) is 0 Å². The molecule has 0 aromatic heterocycles. The van der Waals surface area contributed by atoms with Crippen LogP contribution >= 0.6 is 0 Å². The van der Waals surface area contributed by atoms with Crippen LogP contribution in [0.3, 0.4) is 0 Å². The van der Waals surface area contributed by atoms with Crippen molar-refractivity contribution in [3.05, 3.63) is 29.8 Å². The van der Waals surface area contributed by atoms with Crippen molar-refractivity contribution < 1.29 is 5.11 Å². The molecule has 0 saturated carbocycles. The van der Waals surface area contributed by atoms with E-state index >= 15 is 0 Å². The van der Waals surface area contributed by atoms with Gasteiger partial charge in [-0.3, -0.25) is 0 Å². The van der Waals surface area contributed by atoms with Gasteiger partial charge < -0.3 is 10.0 Å². The van der Waals surface area contributed by atoms with E-state index in [2.05, 4.69) is 36.1 Å². The van der Waals surface area contributed by atoms with Crippen molar-refractivity contribution in [2.24, 2.45) is 0 Å². The first kappa shape index (κ1) is 11.5. The van der Waals surface area contributed by atoms with Crippen molar-refractivity contribution in [1.82, 2.24) is 0 Å². The molecule has 1 saturated heterocycles. The number of nitrogens with zero attached hydrogens (tertiary/aromatic N) is 1. The van der Waals surface area contributed by atoms with E-state index in [9.17, 15) is 0 Å². The number of benzene rings is 1. The van der Waals surface area contributed by atoms with Crippen LogP contribution < -0.4 is 4.90 Å². The van der Waals surface area contributed by atoms with Crippen LogP contribution in [0, 0.1) is 0 Å². The Morgan fingerprint density at radius 2 is 2.19 bits per heavy atom. The summed E-state index contributed by atoms with van der Waals surface area (Å²) >= 11 is 0. The second-order valence-corrected chi connectivity index (χ2v) is 4.48. The Morgan fingerprint density at radius 3 is 2.94 bits per heavy atom. The number of aliphatic hydroxyl groups is 1. The Kier molecular flexibility index (Phi) is 3.83. The summed E-state index contributed by atoms with van der Waals surface area (Å²) in [4.78, 5) is 2.48. The van der Waals surface area contributed by atoms with Gasteiger partial charge in [0, 0.05) is 24.9 Å². The first-order valence-electron chi connectivity index (χ1n) is 6.32. The van der Waals surface area contributed by atoms with E-state index in [0.29, 0.717) is 12.6 Å². The Bertz CT molecular complexity index is 337. The number of hydrogen-bond acceptors (Lipinski definition) is 2. The highest BCUT2D eigenvalue weighted by atomic mass is 16.3. The third kappa shape index (κ3) is 2.22. The van der Waals surface area contributed by atoms with Crippen LogP contribution in [0.4, 0.5) is 5.69 Å². The highest BCUT2D eigenvalue weighted by molar-refractivity contribution is 5.55. The molecule has 1 aliphatic rings. The molecule has 1 fully saturated rings. The summed E-state index contributed by atoms with van der Waals surface area (Å²) in [6.45, 7) is 3.65. The minimum Gasteiger partial charge on any atom is -0.396 e. The molecular formula is C14H21NO. The molecule has 1 N–H and O–H groups in total. The van der Waals surface area contributed by atoms with Crippen molar-refractivity contribution in [3.8, 4) is 0 Å². The van der Waals surface area contributed by atoms with E-state index in [0.717, 1.165) is 19.4 Å². The van der Waals surface area contributed by atoms with Crippen LogP contribution in [-0.4, -0.2) is 24.3 Å². The Labute approximate surface area is 97.9 Å². The Hall–Kier alpha value is -1.02. The molecule has 1 heterocycles. The summed E-state index contributed by atoms with van der Waals surface area (Å²) in [7, 11) is 0. The molecule has 0 bridgehead atoms. The van der Waals surface area contributed by atoms with E-state index in [1.165, 1.54) is 24.1 Å². The van der Waals surface area contributed by atoms with E-state index in [-0.39, 0.29) is 0 Å². The zero-order chi connectivity index (χ0) is 11.4. The molecule has 2 rings (SSSR count). The van der Waals surface area contributed by atoms with E-state index in [1.807, 2.05) is 0 Å². The largest absolute Gasteiger partial charge is 0.396 e. The van der Waals surface area contributed by atoms with Crippen LogP contribution in [0.2, 0.25) is 0 Å². The summed E-state index contributed by atoms with van der Waals surface area (Å²) in [6, 6.07) is 9.19. The van der Waals surface area contributed by atoms with Crippen LogP contribution in [-0.2, 0) is 6.42 Å². The zero-order valence-electron chi connectivity index (χ0n) is 10.0. The van der Waals surface area contributed by atoms with Crippen molar-refractivity contribution in [2.45, 2.75) is 38.6 Å². The zero-order valence-corrected chi connectivity index (χ0v) is 10.0. The molecular weight excluding hydrogens is 198 g/mol. The van der Waals surface area contributed by atoms with E-state index < -0.39 is 0 Å². The lowest BCUT2D eigenvalue weighted by atomic mass is 10.1. The summed E-state index contributed by atoms with van der Waals surface area (Å²) in [5.41, 5.74) is 2.80. The highest BCUT2D eigenvalue weighted by Gasteiger charge is 2.25. The fourth-order valence-electron chi connectivity index (χ4n) is 2.69. The fourth-order valence-corrected chi connectivity index (χ4v) is 2.69. The molecule has 16 heavy (non-hydrogen) atoms. The average Bonchev–Trinajstić information content (AvgIpc) is 2.77. The number of anilines is 1. The van der Waals surface area contributed by atoms with Gasteiger partial charge in [0.05, 0.1) is 0 Å². The van der Waals surface area contributed by atoms with Gasteiger partial charge in [-0.15, -0.1) is 0 Å². The van der Waals surface area contributed by atoms with E-state index in [1.54, 1.807) is 0 Å². The quantitative estimate of drug-likeness (QED) is 0.841. The molecule has 0 aliphatic carbocycles. The summed E-state index contributed by atoms with van der Waals surface area (Å²) in [6.07, 6.45) is 4.46. The molecule has 0 spiro atoms. The fraction of sp³-hybridized carbons (Fsp3) is 0.571. The maximum atomic E-state index is 9.09. The van der Waals surface area contributed by atoms with Crippen molar-refractivity contribution in [1.29, 1.82) is 0 Å². The van der Waals surface area contributed by atoms with Gasteiger partial charge in [-0.1, -0.05) is 25.1 Å². The second-order valence-electron chi connectivity index (χ2n) is 4.48. The van der Waals surface area contributed by atoms with Crippen molar-refractivity contribution >= 4 is 5.69 Å². The lowest BCUT2D eigenvalue weighted by molar-refractivity contribution is 0.276. The molecule has 88 valence electrons. The Balaban J connectivity index is 2.21. The summed E-state index contributed by atoms with van der Waals surface area (Å²) < 4.78 is 0. The van der Waals surface area contributed by atoms with Crippen molar-refractivity contribution in [2.75, 3.05) is 18.1 Å². The van der Waals surface area contributed by atoms with Gasteiger partial charge in [0.2, 0.25) is 0 Å². The van der Waals surface area contributed by atoms with Crippen LogP contribution in [0.25, 0.3) is 0 Å². The van der Waals surface area contributed by atoms with Crippen LogP contribution in [0.15, 0.2) is 24.3 Å². The Morgan fingerprint density at radius 1 is 1.38 bits per heavy atom. The first-order chi connectivity index (χ1) is 7.86. The van der Waals surface area contributed by atoms with Gasteiger partial charge in [0.1, 0.15) is 0 Å². The molecule has 1 aliphatic heterocycles.